The molecule has 86 valence electrons. The van der Waals surface area contributed by atoms with Gasteiger partial charge in [0, 0.05) is 18.7 Å². The second kappa shape index (κ2) is 4.46. The minimum Gasteiger partial charge on any atom is -0.337 e. The lowest BCUT2D eigenvalue weighted by atomic mass is 10.0. The number of aryl methyl sites for hydroxylation is 2. The van der Waals surface area contributed by atoms with Crippen LogP contribution in [0.1, 0.15) is 27.9 Å². The summed E-state index contributed by atoms with van der Waals surface area (Å²) in [4.78, 5) is 14.1. The summed E-state index contributed by atoms with van der Waals surface area (Å²) in [6.45, 7) is 5.43. The first-order valence-corrected chi connectivity index (χ1v) is 6.02. The lowest BCUT2D eigenvalue weighted by Gasteiger charge is -2.17. The first kappa shape index (κ1) is 11.5. The Kier molecular flexibility index (Phi) is 3.20. The molecule has 0 aromatic heterocycles. The van der Waals surface area contributed by atoms with Gasteiger partial charge in [0.1, 0.15) is 0 Å². The second-order valence-electron chi connectivity index (χ2n) is 4.46. The van der Waals surface area contributed by atoms with Crippen molar-refractivity contribution >= 4 is 17.5 Å². The predicted molar refractivity (Wildman–Crippen MR) is 66.1 cm³/mol. The summed E-state index contributed by atoms with van der Waals surface area (Å²) in [6, 6.07) is 5.98. The van der Waals surface area contributed by atoms with Crippen LogP contribution in [-0.4, -0.2) is 29.3 Å². The molecule has 0 aliphatic carbocycles. The molecular weight excluding hydrogens is 222 g/mol. The molecule has 1 aromatic rings. The van der Waals surface area contributed by atoms with Crippen molar-refractivity contribution in [1.29, 1.82) is 0 Å². The topological polar surface area (TPSA) is 20.3 Å². The van der Waals surface area contributed by atoms with Crippen molar-refractivity contribution in [1.82, 2.24) is 4.90 Å². The van der Waals surface area contributed by atoms with Gasteiger partial charge >= 0.3 is 0 Å². The Morgan fingerprint density at radius 2 is 2.19 bits per heavy atom. The van der Waals surface area contributed by atoms with Gasteiger partial charge in [0.15, 0.2) is 0 Å². The molecule has 16 heavy (non-hydrogen) atoms. The molecule has 0 spiro atoms. The van der Waals surface area contributed by atoms with Gasteiger partial charge in [-0.15, -0.1) is 11.6 Å². The van der Waals surface area contributed by atoms with Gasteiger partial charge < -0.3 is 4.90 Å². The normalized spacial score (nSPS) is 20.2. The average Bonchev–Trinajstić information content (AvgIpc) is 2.67. The van der Waals surface area contributed by atoms with E-state index in [0.29, 0.717) is 6.54 Å². The Labute approximate surface area is 101 Å². The molecule has 1 atom stereocenters. The molecule has 0 saturated carbocycles. The van der Waals surface area contributed by atoms with Crippen LogP contribution in [0.15, 0.2) is 18.2 Å². The maximum atomic E-state index is 12.2. The summed E-state index contributed by atoms with van der Waals surface area (Å²) < 4.78 is 0. The van der Waals surface area contributed by atoms with Crippen molar-refractivity contribution in [3.63, 3.8) is 0 Å². The molecule has 1 aliphatic rings. The second-order valence-corrected chi connectivity index (χ2v) is 5.07. The molecule has 1 unspecified atom stereocenters. The van der Waals surface area contributed by atoms with Crippen molar-refractivity contribution in [3.8, 4) is 0 Å². The maximum absolute atomic E-state index is 12.2. The van der Waals surface area contributed by atoms with Crippen molar-refractivity contribution < 1.29 is 4.79 Å². The van der Waals surface area contributed by atoms with Gasteiger partial charge in [0.2, 0.25) is 0 Å². The van der Waals surface area contributed by atoms with E-state index >= 15 is 0 Å². The van der Waals surface area contributed by atoms with Gasteiger partial charge in [0.05, 0.1) is 5.38 Å². The number of nitrogens with zero attached hydrogens (tertiary/aromatic N) is 1. The number of likely N-dealkylation sites (tertiary alicyclic amines) is 1. The van der Waals surface area contributed by atoms with Crippen molar-refractivity contribution in [2.24, 2.45) is 0 Å². The summed E-state index contributed by atoms with van der Waals surface area (Å²) in [5.41, 5.74) is 2.97. The maximum Gasteiger partial charge on any atom is 0.254 e. The van der Waals surface area contributed by atoms with E-state index in [2.05, 4.69) is 0 Å². The molecule has 2 rings (SSSR count). The quantitative estimate of drug-likeness (QED) is 0.688. The summed E-state index contributed by atoms with van der Waals surface area (Å²) in [5.74, 6) is 0.115. The van der Waals surface area contributed by atoms with E-state index in [1.165, 1.54) is 0 Å². The Balaban J connectivity index is 2.23. The largest absolute Gasteiger partial charge is 0.337 e. The van der Waals surface area contributed by atoms with Crippen LogP contribution in [0.4, 0.5) is 0 Å². The fourth-order valence-corrected chi connectivity index (χ4v) is 2.30. The van der Waals surface area contributed by atoms with Crippen LogP contribution in [0.25, 0.3) is 0 Å². The zero-order valence-electron chi connectivity index (χ0n) is 9.66. The van der Waals surface area contributed by atoms with Crippen molar-refractivity contribution in [2.75, 3.05) is 13.1 Å². The minimum absolute atomic E-state index is 0.115. The van der Waals surface area contributed by atoms with Gasteiger partial charge in [0.25, 0.3) is 5.91 Å². The van der Waals surface area contributed by atoms with E-state index in [1.54, 1.807) is 0 Å². The standard InChI is InChI=1S/C13H16ClNO/c1-9-3-4-10(2)12(7-9)13(16)15-6-5-11(14)8-15/h3-4,7,11H,5-6,8H2,1-2H3. The Hall–Kier alpha value is -1.02. The van der Waals surface area contributed by atoms with Crippen LogP contribution >= 0.6 is 11.6 Å². The fourth-order valence-electron chi connectivity index (χ4n) is 2.04. The van der Waals surface area contributed by atoms with Gasteiger partial charge in [-0.1, -0.05) is 17.7 Å². The monoisotopic (exact) mass is 237 g/mol. The number of rotatable bonds is 1. The van der Waals surface area contributed by atoms with Crippen LogP contribution < -0.4 is 0 Å². The minimum atomic E-state index is 0.115. The summed E-state index contributed by atoms with van der Waals surface area (Å²) in [6.07, 6.45) is 0.901. The smallest absolute Gasteiger partial charge is 0.254 e. The molecule has 0 radical (unpaired) electrons. The van der Waals surface area contributed by atoms with Gasteiger partial charge in [-0.2, -0.15) is 0 Å². The highest BCUT2D eigenvalue weighted by Gasteiger charge is 2.26. The first-order chi connectivity index (χ1) is 7.58. The lowest BCUT2D eigenvalue weighted by molar-refractivity contribution is 0.0792. The molecule has 1 aliphatic heterocycles. The van der Waals surface area contributed by atoms with E-state index in [0.717, 1.165) is 29.7 Å². The molecule has 1 aromatic carbocycles. The number of amides is 1. The number of benzene rings is 1. The van der Waals surface area contributed by atoms with Gasteiger partial charge in [-0.05, 0) is 31.9 Å². The highest BCUT2D eigenvalue weighted by Crippen LogP contribution is 2.19. The fraction of sp³-hybridized carbons (Fsp3) is 0.462. The molecule has 1 saturated heterocycles. The highest BCUT2D eigenvalue weighted by molar-refractivity contribution is 6.21. The third kappa shape index (κ3) is 2.22. The number of carbonyl (C=O) groups excluding carboxylic acids is 1. The van der Waals surface area contributed by atoms with Crippen LogP contribution in [-0.2, 0) is 0 Å². The summed E-state index contributed by atoms with van der Waals surface area (Å²) in [5, 5.41) is 0.120. The lowest BCUT2D eigenvalue weighted by Crippen LogP contribution is -2.29. The van der Waals surface area contributed by atoms with Gasteiger partial charge in [-0.3, -0.25) is 4.79 Å². The number of hydrogen-bond donors (Lipinski definition) is 0. The number of alkyl halides is 1. The van der Waals surface area contributed by atoms with Crippen LogP contribution in [0.3, 0.4) is 0 Å². The van der Waals surface area contributed by atoms with Crippen LogP contribution in [0.5, 0.6) is 0 Å². The molecule has 0 N–H and O–H groups in total. The molecule has 3 heteroatoms. The Bertz CT molecular complexity index is 416. The van der Waals surface area contributed by atoms with E-state index in [4.69, 9.17) is 11.6 Å². The zero-order chi connectivity index (χ0) is 11.7. The molecule has 2 nitrogen and oxygen atoms in total. The Morgan fingerprint density at radius 3 is 2.81 bits per heavy atom. The SMILES string of the molecule is Cc1ccc(C)c(C(=O)N2CCC(Cl)C2)c1. The van der Waals surface area contributed by atoms with E-state index < -0.39 is 0 Å². The molecule has 1 amide bonds. The third-order valence-corrected chi connectivity index (χ3v) is 3.40. The van der Waals surface area contributed by atoms with Crippen molar-refractivity contribution in [2.45, 2.75) is 25.6 Å². The van der Waals surface area contributed by atoms with E-state index in [-0.39, 0.29) is 11.3 Å². The third-order valence-electron chi connectivity index (χ3n) is 3.04. The zero-order valence-corrected chi connectivity index (χ0v) is 10.4. The molecule has 0 bridgehead atoms. The highest BCUT2D eigenvalue weighted by atomic mass is 35.5. The number of hydrogen-bond acceptors (Lipinski definition) is 1. The van der Waals surface area contributed by atoms with E-state index in [9.17, 15) is 4.79 Å². The van der Waals surface area contributed by atoms with Crippen LogP contribution in [0, 0.1) is 13.8 Å². The van der Waals surface area contributed by atoms with Crippen molar-refractivity contribution in [3.05, 3.63) is 34.9 Å². The summed E-state index contributed by atoms with van der Waals surface area (Å²) in [7, 11) is 0. The van der Waals surface area contributed by atoms with Crippen LogP contribution in [0.2, 0.25) is 0 Å². The number of halogens is 1. The predicted octanol–water partition coefficient (Wildman–Crippen LogP) is 2.76. The molecule has 1 fully saturated rings. The number of carbonyl (C=O) groups is 1. The molecule has 1 heterocycles. The first-order valence-electron chi connectivity index (χ1n) is 5.58. The van der Waals surface area contributed by atoms with E-state index in [1.807, 2.05) is 36.9 Å². The van der Waals surface area contributed by atoms with Gasteiger partial charge in [-0.25, -0.2) is 0 Å². The molecular formula is C13H16ClNO. The Morgan fingerprint density at radius 1 is 1.44 bits per heavy atom. The average molecular weight is 238 g/mol. The summed E-state index contributed by atoms with van der Waals surface area (Å²) >= 11 is 6.02.